The molecule has 5 heterocycles. The average Bonchev–Trinajstić information content (AvgIpc) is 3.60. The van der Waals surface area contributed by atoms with Crippen LogP contribution in [0.3, 0.4) is 0 Å². The molecule has 15 heteroatoms. The van der Waals surface area contributed by atoms with Gasteiger partial charge in [0, 0.05) is 67.7 Å². The van der Waals surface area contributed by atoms with Crippen LogP contribution in [0.25, 0.3) is 33.3 Å². The van der Waals surface area contributed by atoms with Gasteiger partial charge >= 0.3 is 0 Å². The summed E-state index contributed by atoms with van der Waals surface area (Å²) < 4.78 is 21.6. The molecule has 2 aromatic carbocycles. The molecule has 2 fully saturated rings. The molecule has 14 nitrogen and oxygen atoms in total. The Kier molecular flexibility index (Phi) is 7.49. The number of aromatic amines is 1. The van der Waals surface area contributed by atoms with Crippen LogP contribution in [0.2, 0.25) is 0 Å². The normalized spacial score (nSPS) is 15.7. The van der Waals surface area contributed by atoms with Gasteiger partial charge in [0.2, 0.25) is 5.95 Å². The predicted octanol–water partition coefficient (Wildman–Crippen LogP) is 4.99. The van der Waals surface area contributed by atoms with Crippen LogP contribution in [-0.2, 0) is 4.57 Å². The fourth-order valence-electron chi connectivity index (χ4n) is 6.29. The maximum Gasteiger partial charge on any atom is 0.231 e. The second-order valence-electron chi connectivity index (χ2n) is 12.8. The van der Waals surface area contributed by atoms with Gasteiger partial charge in [-0.1, -0.05) is 0 Å². The molecule has 1 aliphatic heterocycles. The van der Waals surface area contributed by atoms with E-state index in [9.17, 15) is 4.57 Å². The summed E-state index contributed by atoms with van der Waals surface area (Å²) in [6, 6.07) is 8.37. The summed E-state index contributed by atoms with van der Waals surface area (Å²) in [4.78, 5) is 30.9. The Hall–Kier alpha value is -5.07. The molecule has 8 rings (SSSR count). The van der Waals surface area contributed by atoms with Crippen molar-refractivity contribution in [2.45, 2.75) is 18.9 Å². The van der Waals surface area contributed by atoms with Crippen molar-refractivity contribution in [1.29, 1.82) is 0 Å². The second kappa shape index (κ2) is 11.9. The van der Waals surface area contributed by atoms with Gasteiger partial charge < -0.3 is 34.7 Å². The number of H-pyrrole nitrogens is 1. The minimum absolute atomic E-state index is 0.331. The largest absolute Gasteiger partial charge is 0.494 e. The highest BCUT2D eigenvalue weighted by Crippen LogP contribution is 2.43. The molecule has 1 saturated heterocycles. The number of likely N-dealkylation sites (N-methyl/N-ethyl adjacent to an activating group) is 1. The summed E-state index contributed by atoms with van der Waals surface area (Å²) in [6.07, 6.45) is 11.2. The Morgan fingerprint density at radius 2 is 1.77 bits per heavy atom. The number of methoxy groups -OCH3 is 1. The number of nitrogens with one attached hydrogen (secondary N) is 3. The number of nitrogens with zero attached hydrogens (tertiary/aromatic N) is 9. The van der Waals surface area contributed by atoms with Gasteiger partial charge in [-0.3, -0.25) is 14.6 Å². The number of aromatic nitrogens is 8. The van der Waals surface area contributed by atoms with Gasteiger partial charge in [-0.2, -0.15) is 15.1 Å². The average molecular weight is 665 g/mol. The second-order valence-corrected chi connectivity index (χ2v) is 15.9. The van der Waals surface area contributed by atoms with Gasteiger partial charge in [0.15, 0.2) is 17.0 Å². The van der Waals surface area contributed by atoms with E-state index in [1.54, 1.807) is 39.2 Å². The van der Waals surface area contributed by atoms with Crippen LogP contribution in [0.5, 0.6) is 5.75 Å². The number of benzene rings is 2. The zero-order valence-electron chi connectivity index (χ0n) is 27.3. The molecule has 48 heavy (non-hydrogen) atoms. The molecular formula is C33H37N12O2P. The quantitative estimate of drug-likeness (QED) is 0.178. The van der Waals surface area contributed by atoms with E-state index in [1.807, 2.05) is 18.3 Å². The third-order valence-corrected chi connectivity index (χ3v) is 10.5. The van der Waals surface area contributed by atoms with Crippen LogP contribution < -0.4 is 25.6 Å². The van der Waals surface area contributed by atoms with Gasteiger partial charge in [0.25, 0.3) is 0 Å². The van der Waals surface area contributed by atoms with Crippen molar-refractivity contribution in [3.63, 3.8) is 0 Å². The van der Waals surface area contributed by atoms with Gasteiger partial charge in [-0.15, -0.1) is 0 Å². The lowest BCUT2D eigenvalue weighted by molar-refractivity contribution is 0.313. The van der Waals surface area contributed by atoms with E-state index >= 15 is 0 Å². The first-order chi connectivity index (χ1) is 23.2. The van der Waals surface area contributed by atoms with E-state index in [0.717, 1.165) is 55.8 Å². The van der Waals surface area contributed by atoms with Crippen molar-refractivity contribution in [2.75, 3.05) is 69.2 Å². The van der Waals surface area contributed by atoms with Crippen molar-refractivity contribution in [3.05, 3.63) is 55.4 Å². The number of imidazole rings is 1. The first-order valence-corrected chi connectivity index (χ1v) is 18.6. The highest BCUT2D eigenvalue weighted by Gasteiger charge is 2.27. The number of anilines is 5. The van der Waals surface area contributed by atoms with Crippen LogP contribution in [0.4, 0.5) is 28.8 Å². The van der Waals surface area contributed by atoms with E-state index in [2.05, 4.69) is 70.4 Å². The first kappa shape index (κ1) is 30.3. The molecule has 246 valence electrons. The van der Waals surface area contributed by atoms with Crippen LogP contribution in [0, 0.1) is 0 Å². The minimum Gasteiger partial charge on any atom is -0.494 e. The van der Waals surface area contributed by atoms with E-state index in [1.165, 1.54) is 0 Å². The molecule has 4 aromatic heterocycles. The molecule has 3 N–H and O–H groups in total. The molecule has 0 spiro atoms. The van der Waals surface area contributed by atoms with Crippen molar-refractivity contribution in [2.24, 2.45) is 0 Å². The Morgan fingerprint density at radius 3 is 2.54 bits per heavy atom. The number of piperazine rings is 1. The highest BCUT2D eigenvalue weighted by molar-refractivity contribution is 7.71. The first-order valence-electron chi connectivity index (χ1n) is 16.0. The molecular weight excluding hydrogens is 627 g/mol. The molecule has 0 radical (unpaired) electrons. The zero-order valence-corrected chi connectivity index (χ0v) is 28.2. The van der Waals surface area contributed by atoms with E-state index in [4.69, 9.17) is 19.8 Å². The molecule has 0 bridgehead atoms. The molecule has 0 amide bonds. The molecule has 1 saturated carbocycles. The van der Waals surface area contributed by atoms with Gasteiger partial charge in [-0.05, 0) is 51.4 Å². The van der Waals surface area contributed by atoms with Gasteiger partial charge in [0.05, 0.1) is 47.9 Å². The maximum atomic E-state index is 13.6. The summed E-state index contributed by atoms with van der Waals surface area (Å²) in [5.74, 6) is 1.44. The number of ether oxygens (including phenoxy) is 1. The number of hydrogen-bond acceptors (Lipinski definition) is 12. The molecule has 0 unspecified atom stereocenters. The number of hydrogen-bond donors (Lipinski definition) is 3. The van der Waals surface area contributed by atoms with E-state index in [0.29, 0.717) is 62.4 Å². The van der Waals surface area contributed by atoms with Crippen molar-refractivity contribution >= 4 is 63.5 Å². The Balaban J connectivity index is 1.20. The summed E-state index contributed by atoms with van der Waals surface area (Å²) in [6.45, 7) is 7.23. The zero-order chi connectivity index (χ0) is 33.0. The van der Waals surface area contributed by atoms with E-state index < -0.39 is 7.14 Å². The lowest BCUT2D eigenvalue weighted by Gasteiger charge is -2.35. The standard InChI is InChI=1S/C33H37N12O2P/c1-43-11-13-44(14-12-43)26-16-27(47-2)25(15-22(26)20-17-38-45(18-20)21-5-6-21)40-33-41-31-29(36-19-37-31)32(42-33)39-24-8-7-23-28(35-10-9-34-23)30(24)48(3,4)46/h7-10,15-19,21H,5-6,11-14H2,1-4H3,(H3,36,37,39,40,41,42). The summed E-state index contributed by atoms with van der Waals surface area (Å²) >= 11 is 0. The van der Waals surface area contributed by atoms with Crippen LogP contribution in [0.15, 0.2) is 55.4 Å². The van der Waals surface area contributed by atoms with Crippen molar-refractivity contribution < 1.29 is 9.30 Å². The third kappa shape index (κ3) is 5.71. The summed E-state index contributed by atoms with van der Waals surface area (Å²) in [7, 11) is 1.03. The van der Waals surface area contributed by atoms with Crippen LogP contribution >= 0.6 is 7.14 Å². The maximum absolute atomic E-state index is 13.6. The summed E-state index contributed by atoms with van der Waals surface area (Å²) in [5, 5.41) is 12.1. The molecule has 2 aliphatic rings. The monoisotopic (exact) mass is 664 g/mol. The minimum atomic E-state index is -2.80. The lowest BCUT2D eigenvalue weighted by Crippen LogP contribution is -2.44. The van der Waals surface area contributed by atoms with Crippen molar-refractivity contribution in [3.8, 4) is 16.9 Å². The Bertz CT molecular complexity index is 2200. The fourth-order valence-corrected chi connectivity index (χ4v) is 7.68. The molecule has 0 atom stereocenters. The molecule has 1 aliphatic carbocycles. The fraction of sp³-hybridized carbons (Fsp3) is 0.333. The highest BCUT2D eigenvalue weighted by atomic mass is 31.2. The number of fused-ring (bicyclic) bond motifs is 2. The van der Waals surface area contributed by atoms with Gasteiger partial charge in [0.1, 0.15) is 18.4 Å². The predicted molar refractivity (Wildman–Crippen MR) is 189 cm³/mol. The Labute approximate surface area is 277 Å². The smallest absolute Gasteiger partial charge is 0.231 e. The van der Waals surface area contributed by atoms with Crippen LogP contribution in [0.1, 0.15) is 18.9 Å². The summed E-state index contributed by atoms with van der Waals surface area (Å²) in [5.41, 5.74) is 6.86. The van der Waals surface area contributed by atoms with E-state index in [-0.39, 0.29) is 0 Å². The topological polar surface area (TPSA) is 155 Å². The number of rotatable bonds is 9. The van der Waals surface area contributed by atoms with Crippen LogP contribution in [-0.4, -0.2) is 98.3 Å². The SMILES string of the molecule is COc1cc(N2CCN(C)CC2)c(-c2cnn(C3CC3)c2)cc1Nc1nc(Nc2ccc3nccnc3c2P(C)(C)=O)c2nc[nH]c2n1. The third-order valence-electron chi connectivity index (χ3n) is 8.93. The Morgan fingerprint density at radius 1 is 0.958 bits per heavy atom. The lowest BCUT2D eigenvalue weighted by atomic mass is 10.0. The molecule has 6 aromatic rings. The van der Waals surface area contributed by atoms with Crippen molar-refractivity contribution in [1.82, 2.24) is 44.6 Å². The van der Waals surface area contributed by atoms with Gasteiger partial charge in [-0.25, -0.2) is 4.98 Å².